The van der Waals surface area contributed by atoms with Gasteiger partial charge >= 0.3 is 0 Å². The molecule has 4 nitrogen and oxygen atoms in total. The van der Waals surface area contributed by atoms with Crippen LogP contribution in [0.25, 0.3) is 0 Å². The lowest BCUT2D eigenvalue weighted by Crippen LogP contribution is -2.30. The molecule has 0 aromatic carbocycles. The molecule has 3 rings (SSSR count). The number of ketones is 1. The summed E-state index contributed by atoms with van der Waals surface area (Å²) in [5, 5.41) is 20.0. The third-order valence-corrected chi connectivity index (χ3v) is 7.02. The van der Waals surface area contributed by atoms with Crippen molar-refractivity contribution in [3.8, 4) is 0 Å². The van der Waals surface area contributed by atoms with Crippen molar-refractivity contribution in [2.75, 3.05) is 0 Å². The van der Waals surface area contributed by atoms with Crippen LogP contribution < -0.4 is 0 Å². The predicted octanol–water partition coefficient (Wildman–Crippen LogP) is 5.31. The normalized spacial score (nSPS) is 29.9. The summed E-state index contributed by atoms with van der Waals surface area (Å²) >= 11 is 0. The second-order valence-electron chi connectivity index (χ2n) is 9.89. The molecule has 3 aliphatic rings. The van der Waals surface area contributed by atoms with Crippen LogP contribution in [0.15, 0.2) is 46.1 Å². The molecule has 3 atom stereocenters. The van der Waals surface area contributed by atoms with Crippen LogP contribution in [0, 0.1) is 5.41 Å². The second kappa shape index (κ2) is 9.76. The molecule has 0 saturated heterocycles. The SMILES string of the molecule is CC1=C(CC/C(C)=C/CCC2=CCC(C3=CC(O)CC3=O)OC2O)C(C)(C)CCC1. The molecular formula is C26H38O4. The first-order valence-corrected chi connectivity index (χ1v) is 11.5. The molecule has 3 unspecified atom stereocenters. The molecule has 0 amide bonds. The maximum atomic E-state index is 11.9. The number of rotatable bonds is 7. The van der Waals surface area contributed by atoms with E-state index in [1.165, 1.54) is 24.8 Å². The Labute approximate surface area is 181 Å². The molecule has 0 bridgehead atoms. The fraction of sp³-hybridized carbons (Fsp3) is 0.654. The van der Waals surface area contributed by atoms with Crippen molar-refractivity contribution >= 4 is 5.78 Å². The molecule has 0 aromatic heterocycles. The lowest BCUT2D eigenvalue weighted by Gasteiger charge is -2.35. The topological polar surface area (TPSA) is 66.8 Å². The van der Waals surface area contributed by atoms with Gasteiger partial charge in [-0.2, -0.15) is 0 Å². The summed E-state index contributed by atoms with van der Waals surface area (Å²) in [6, 6.07) is 0. The van der Waals surface area contributed by atoms with Crippen LogP contribution in [0.4, 0.5) is 0 Å². The summed E-state index contributed by atoms with van der Waals surface area (Å²) in [5.41, 5.74) is 6.35. The van der Waals surface area contributed by atoms with Gasteiger partial charge < -0.3 is 14.9 Å². The van der Waals surface area contributed by atoms with Gasteiger partial charge in [-0.1, -0.05) is 42.7 Å². The lowest BCUT2D eigenvalue weighted by atomic mass is 9.71. The van der Waals surface area contributed by atoms with Crippen molar-refractivity contribution in [1.29, 1.82) is 0 Å². The molecule has 4 heteroatoms. The molecule has 0 aromatic rings. The number of ether oxygens (including phenoxy) is 1. The van der Waals surface area contributed by atoms with Gasteiger partial charge in [-0.3, -0.25) is 4.79 Å². The minimum atomic E-state index is -0.972. The highest BCUT2D eigenvalue weighted by molar-refractivity contribution is 5.99. The van der Waals surface area contributed by atoms with Crippen LogP contribution >= 0.6 is 0 Å². The van der Waals surface area contributed by atoms with Crippen molar-refractivity contribution in [3.05, 3.63) is 46.1 Å². The van der Waals surface area contributed by atoms with Crippen molar-refractivity contribution < 1.29 is 19.7 Å². The number of carbonyl (C=O) groups excluding carboxylic acids is 1. The summed E-state index contributed by atoms with van der Waals surface area (Å²) in [4.78, 5) is 11.9. The van der Waals surface area contributed by atoms with Gasteiger partial charge in [-0.05, 0) is 82.3 Å². The fourth-order valence-electron chi connectivity index (χ4n) is 5.17. The zero-order valence-corrected chi connectivity index (χ0v) is 19.0. The van der Waals surface area contributed by atoms with Gasteiger partial charge in [0.25, 0.3) is 0 Å². The third kappa shape index (κ3) is 5.60. The molecule has 0 radical (unpaired) electrons. The van der Waals surface area contributed by atoms with E-state index in [2.05, 4.69) is 33.8 Å². The van der Waals surface area contributed by atoms with Crippen molar-refractivity contribution in [2.45, 2.75) is 104 Å². The quantitative estimate of drug-likeness (QED) is 0.554. The highest BCUT2D eigenvalue weighted by Gasteiger charge is 2.33. The van der Waals surface area contributed by atoms with Crippen LogP contribution in [0.3, 0.4) is 0 Å². The number of Topliss-reactive ketones (excluding diaryl/α,β-unsaturated/α-hetero) is 1. The zero-order chi connectivity index (χ0) is 21.9. The standard InChI is InChI=1S/C26H38O4/c1-17(10-12-22-18(2)8-6-14-26(22,3)4)7-5-9-19-11-13-24(30-25(19)29)21-15-20(27)16-23(21)28/h7,11,15,20,24-25,27,29H,5-6,8-10,12-14,16H2,1-4H3/b17-7+. The first kappa shape index (κ1) is 23.2. The monoisotopic (exact) mass is 414 g/mol. The Hall–Kier alpha value is -1.49. The number of carbonyl (C=O) groups is 1. The predicted molar refractivity (Wildman–Crippen MR) is 120 cm³/mol. The summed E-state index contributed by atoms with van der Waals surface area (Å²) in [6.45, 7) is 9.26. The van der Waals surface area contributed by atoms with Crippen molar-refractivity contribution in [2.24, 2.45) is 5.41 Å². The number of aliphatic hydroxyl groups is 2. The first-order chi connectivity index (χ1) is 14.2. The lowest BCUT2D eigenvalue weighted by molar-refractivity contribution is -0.124. The van der Waals surface area contributed by atoms with E-state index in [9.17, 15) is 15.0 Å². The molecule has 0 fully saturated rings. The maximum absolute atomic E-state index is 11.9. The van der Waals surface area contributed by atoms with E-state index < -0.39 is 18.5 Å². The Balaban J connectivity index is 1.49. The van der Waals surface area contributed by atoms with E-state index in [1.54, 1.807) is 17.2 Å². The second-order valence-corrected chi connectivity index (χ2v) is 9.89. The largest absolute Gasteiger partial charge is 0.389 e. The van der Waals surface area contributed by atoms with Gasteiger partial charge in [-0.15, -0.1) is 0 Å². The number of hydrogen-bond donors (Lipinski definition) is 2. The minimum Gasteiger partial charge on any atom is -0.389 e. The Kier molecular flexibility index (Phi) is 7.54. The molecular weight excluding hydrogens is 376 g/mol. The Morgan fingerprint density at radius 2 is 2.07 bits per heavy atom. The Bertz CT molecular complexity index is 781. The average Bonchev–Trinajstić information content (AvgIpc) is 3.00. The molecule has 1 aliphatic heterocycles. The van der Waals surface area contributed by atoms with E-state index in [-0.39, 0.29) is 12.2 Å². The van der Waals surface area contributed by atoms with Crippen LogP contribution in [-0.4, -0.2) is 34.5 Å². The van der Waals surface area contributed by atoms with Crippen LogP contribution in [0.1, 0.15) is 85.5 Å². The van der Waals surface area contributed by atoms with Crippen LogP contribution in [0.5, 0.6) is 0 Å². The molecule has 166 valence electrons. The highest BCUT2D eigenvalue weighted by atomic mass is 16.6. The molecule has 0 spiro atoms. The highest BCUT2D eigenvalue weighted by Crippen LogP contribution is 2.42. The van der Waals surface area contributed by atoms with Crippen LogP contribution in [0.2, 0.25) is 0 Å². The smallest absolute Gasteiger partial charge is 0.177 e. The minimum absolute atomic E-state index is 0.0818. The van der Waals surface area contributed by atoms with Gasteiger partial charge in [0.1, 0.15) is 0 Å². The van der Waals surface area contributed by atoms with E-state index in [4.69, 9.17) is 4.74 Å². The molecule has 1 heterocycles. The van der Waals surface area contributed by atoms with E-state index in [0.717, 1.165) is 31.3 Å². The number of aliphatic hydroxyl groups excluding tert-OH is 2. The van der Waals surface area contributed by atoms with Gasteiger partial charge in [0.15, 0.2) is 12.1 Å². The van der Waals surface area contributed by atoms with E-state index in [1.807, 2.05) is 6.08 Å². The van der Waals surface area contributed by atoms with Gasteiger partial charge in [0, 0.05) is 12.0 Å². The fourth-order valence-corrected chi connectivity index (χ4v) is 5.17. The van der Waals surface area contributed by atoms with E-state index >= 15 is 0 Å². The van der Waals surface area contributed by atoms with Gasteiger partial charge in [0.05, 0.1) is 12.2 Å². The molecule has 2 N–H and O–H groups in total. The molecule has 0 saturated carbocycles. The number of hydrogen-bond acceptors (Lipinski definition) is 4. The Morgan fingerprint density at radius 1 is 1.30 bits per heavy atom. The van der Waals surface area contributed by atoms with Crippen LogP contribution in [-0.2, 0) is 9.53 Å². The molecule has 2 aliphatic carbocycles. The van der Waals surface area contributed by atoms with Gasteiger partial charge in [-0.25, -0.2) is 0 Å². The summed E-state index contributed by atoms with van der Waals surface area (Å²) in [6.07, 6.45) is 12.1. The Morgan fingerprint density at radius 3 is 2.70 bits per heavy atom. The van der Waals surface area contributed by atoms with Crippen molar-refractivity contribution in [3.63, 3.8) is 0 Å². The van der Waals surface area contributed by atoms with Gasteiger partial charge in [0.2, 0.25) is 0 Å². The third-order valence-electron chi connectivity index (χ3n) is 7.02. The summed E-state index contributed by atoms with van der Waals surface area (Å²) in [5.74, 6) is -0.0818. The van der Waals surface area contributed by atoms with Crippen molar-refractivity contribution in [1.82, 2.24) is 0 Å². The number of allylic oxidation sites excluding steroid dienone is 4. The average molecular weight is 415 g/mol. The maximum Gasteiger partial charge on any atom is 0.177 e. The summed E-state index contributed by atoms with van der Waals surface area (Å²) < 4.78 is 5.68. The summed E-state index contributed by atoms with van der Waals surface area (Å²) in [7, 11) is 0. The van der Waals surface area contributed by atoms with E-state index in [0.29, 0.717) is 17.4 Å². The first-order valence-electron chi connectivity index (χ1n) is 11.5. The molecule has 30 heavy (non-hydrogen) atoms. The zero-order valence-electron chi connectivity index (χ0n) is 19.0.